The van der Waals surface area contributed by atoms with Gasteiger partial charge in [0.15, 0.2) is 0 Å². The lowest BCUT2D eigenvalue weighted by molar-refractivity contribution is -0.385. The first-order valence-corrected chi connectivity index (χ1v) is 7.14. The molecule has 2 heterocycles. The quantitative estimate of drug-likeness (QED) is 0.407. The monoisotopic (exact) mass is 321 g/mol. The van der Waals surface area contributed by atoms with Crippen LogP contribution in [0, 0.1) is 17.0 Å². The first-order valence-electron chi connectivity index (χ1n) is 5.88. The Kier molecular flexibility index (Phi) is 3.44. The van der Waals surface area contributed by atoms with Gasteiger partial charge in [-0.2, -0.15) is 4.98 Å². The van der Waals surface area contributed by atoms with E-state index >= 15 is 0 Å². The first-order chi connectivity index (χ1) is 10.0. The van der Waals surface area contributed by atoms with E-state index in [0.29, 0.717) is 17.2 Å². The maximum atomic E-state index is 10.8. The number of fused-ring (bicyclic) bond motifs is 1. The molecule has 0 amide bonds. The summed E-state index contributed by atoms with van der Waals surface area (Å²) in [5, 5.41) is 13.5. The molecule has 3 rings (SSSR count). The summed E-state index contributed by atoms with van der Waals surface area (Å²) < 4.78 is 5.69. The van der Waals surface area contributed by atoms with Crippen LogP contribution in [0.1, 0.15) is 5.56 Å². The summed E-state index contributed by atoms with van der Waals surface area (Å²) in [5.41, 5.74) is 0.558. The number of rotatable bonds is 3. The summed E-state index contributed by atoms with van der Waals surface area (Å²) in [6.07, 6.45) is 0. The van der Waals surface area contributed by atoms with Crippen LogP contribution in [0.5, 0.6) is 11.6 Å². The fourth-order valence-corrected chi connectivity index (χ4v) is 2.86. The zero-order valence-electron chi connectivity index (χ0n) is 10.7. The number of halogens is 1. The van der Waals surface area contributed by atoms with Crippen molar-refractivity contribution in [2.24, 2.45) is 0 Å². The number of aromatic nitrogens is 2. The van der Waals surface area contributed by atoms with Crippen molar-refractivity contribution in [3.05, 3.63) is 50.6 Å². The van der Waals surface area contributed by atoms with E-state index in [1.54, 1.807) is 13.0 Å². The van der Waals surface area contributed by atoms with Gasteiger partial charge >= 0.3 is 0 Å². The number of ether oxygens (including phenoxy) is 1. The molecule has 0 radical (unpaired) electrons. The molecule has 21 heavy (non-hydrogen) atoms. The highest BCUT2D eigenvalue weighted by Gasteiger charge is 2.14. The lowest BCUT2D eigenvalue weighted by Crippen LogP contribution is -1.94. The summed E-state index contributed by atoms with van der Waals surface area (Å²) in [6.45, 7) is 1.65. The zero-order valence-corrected chi connectivity index (χ0v) is 12.3. The smallest absolute Gasteiger partial charge is 0.272 e. The molecule has 0 fully saturated rings. The third-order valence-electron chi connectivity index (χ3n) is 2.84. The van der Waals surface area contributed by atoms with Gasteiger partial charge in [0.2, 0.25) is 11.2 Å². The number of aryl methyl sites for hydroxylation is 1. The van der Waals surface area contributed by atoms with Crippen molar-refractivity contribution >= 4 is 38.8 Å². The Balaban J connectivity index is 2.00. The average molecular weight is 322 g/mol. The molecule has 0 N–H and O–H groups in total. The number of hydrogen-bond donors (Lipinski definition) is 0. The van der Waals surface area contributed by atoms with Crippen molar-refractivity contribution < 1.29 is 9.66 Å². The molecule has 0 saturated heterocycles. The van der Waals surface area contributed by atoms with E-state index in [4.69, 9.17) is 16.3 Å². The SMILES string of the molecule is Cc1cc(Oc2nc(Cl)nc3sccc23)ccc1[N+](=O)[O-]. The van der Waals surface area contributed by atoms with Crippen molar-refractivity contribution in [2.75, 3.05) is 0 Å². The fraction of sp³-hybridized carbons (Fsp3) is 0.0769. The van der Waals surface area contributed by atoms with Crippen LogP contribution in [0.2, 0.25) is 5.28 Å². The molecule has 2 aromatic heterocycles. The second kappa shape index (κ2) is 5.27. The lowest BCUT2D eigenvalue weighted by atomic mass is 10.2. The predicted molar refractivity (Wildman–Crippen MR) is 80.3 cm³/mol. The lowest BCUT2D eigenvalue weighted by Gasteiger charge is -2.07. The van der Waals surface area contributed by atoms with Crippen LogP contribution in [-0.2, 0) is 0 Å². The van der Waals surface area contributed by atoms with Crippen molar-refractivity contribution in [3.8, 4) is 11.6 Å². The Labute approximate surface area is 128 Å². The van der Waals surface area contributed by atoms with Gasteiger partial charge in [0.25, 0.3) is 5.69 Å². The highest BCUT2D eigenvalue weighted by atomic mass is 35.5. The maximum Gasteiger partial charge on any atom is 0.272 e. The van der Waals surface area contributed by atoms with Crippen LogP contribution < -0.4 is 4.74 Å². The zero-order chi connectivity index (χ0) is 15.0. The van der Waals surface area contributed by atoms with E-state index in [9.17, 15) is 10.1 Å². The Hall–Kier alpha value is -2.25. The summed E-state index contributed by atoms with van der Waals surface area (Å²) in [7, 11) is 0. The summed E-state index contributed by atoms with van der Waals surface area (Å²) in [4.78, 5) is 19.3. The van der Waals surface area contributed by atoms with Crippen LogP contribution in [0.4, 0.5) is 5.69 Å². The third kappa shape index (κ3) is 2.65. The van der Waals surface area contributed by atoms with E-state index in [0.717, 1.165) is 10.2 Å². The molecule has 0 aliphatic rings. The van der Waals surface area contributed by atoms with Crippen molar-refractivity contribution in [2.45, 2.75) is 6.92 Å². The van der Waals surface area contributed by atoms with Gasteiger partial charge in [-0.15, -0.1) is 11.3 Å². The van der Waals surface area contributed by atoms with Crippen LogP contribution >= 0.6 is 22.9 Å². The molecular formula is C13H8ClN3O3S. The minimum atomic E-state index is -0.433. The molecule has 0 bridgehead atoms. The number of nitro groups is 1. The van der Waals surface area contributed by atoms with Gasteiger partial charge in [-0.05, 0) is 42.1 Å². The molecule has 0 saturated carbocycles. The number of nitro benzene ring substituents is 1. The van der Waals surface area contributed by atoms with E-state index in [-0.39, 0.29) is 11.0 Å². The van der Waals surface area contributed by atoms with E-state index in [2.05, 4.69) is 9.97 Å². The molecule has 106 valence electrons. The second-order valence-electron chi connectivity index (χ2n) is 4.24. The van der Waals surface area contributed by atoms with Gasteiger partial charge in [-0.25, -0.2) is 4.98 Å². The fourth-order valence-electron chi connectivity index (χ4n) is 1.89. The normalized spacial score (nSPS) is 10.8. The Morgan fingerprint density at radius 2 is 2.14 bits per heavy atom. The topological polar surface area (TPSA) is 78.2 Å². The van der Waals surface area contributed by atoms with Crippen molar-refractivity contribution in [3.63, 3.8) is 0 Å². The van der Waals surface area contributed by atoms with Gasteiger partial charge < -0.3 is 4.74 Å². The van der Waals surface area contributed by atoms with Gasteiger partial charge in [0.1, 0.15) is 10.6 Å². The summed E-state index contributed by atoms with van der Waals surface area (Å²) >= 11 is 7.29. The standard InChI is InChI=1S/C13H8ClN3O3S/c1-7-6-8(2-3-10(7)17(18)19)20-11-9-4-5-21-12(9)16-13(14)15-11/h2-6H,1H3. The molecule has 0 spiro atoms. The molecule has 0 aliphatic carbocycles. The van der Waals surface area contributed by atoms with Gasteiger partial charge in [-0.1, -0.05) is 0 Å². The van der Waals surface area contributed by atoms with Crippen molar-refractivity contribution in [1.82, 2.24) is 9.97 Å². The molecule has 3 aromatic rings. The molecule has 1 aromatic carbocycles. The highest BCUT2D eigenvalue weighted by molar-refractivity contribution is 7.16. The van der Waals surface area contributed by atoms with Gasteiger partial charge in [0.05, 0.1) is 10.3 Å². The Bertz CT molecular complexity index is 850. The number of benzene rings is 1. The minimum Gasteiger partial charge on any atom is -0.438 e. The average Bonchev–Trinajstić information content (AvgIpc) is 2.86. The van der Waals surface area contributed by atoms with Crippen LogP contribution in [0.25, 0.3) is 10.2 Å². The third-order valence-corrected chi connectivity index (χ3v) is 3.82. The number of nitrogens with zero attached hydrogens (tertiary/aromatic N) is 3. The van der Waals surface area contributed by atoms with Crippen molar-refractivity contribution in [1.29, 1.82) is 0 Å². The van der Waals surface area contributed by atoms with E-state index in [1.165, 1.54) is 23.5 Å². The minimum absolute atomic E-state index is 0.0451. The van der Waals surface area contributed by atoms with E-state index < -0.39 is 4.92 Å². The predicted octanol–water partition coefficient (Wildman–Crippen LogP) is 4.35. The first kappa shape index (κ1) is 13.7. The molecule has 0 unspecified atom stereocenters. The highest BCUT2D eigenvalue weighted by Crippen LogP contribution is 2.32. The molecular weight excluding hydrogens is 314 g/mol. The van der Waals surface area contributed by atoms with Gasteiger partial charge in [0, 0.05) is 11.6 Å². The van der Waals surface area contributed by atoms with Crippen LogP contribution in [-0.4, -0.2) is 14.9 Å². The molecule has 6 nitrogen and oxygen atoms in total. The van der Waals surface area contributed by atoms with Crippen LogP contribution in [0.3, 0.4) is 0 Å². The summed E-state index contributed by atoms with van der Waals surface area (Å²) in [6, 6.07) is 6.36. The van der Waals surface area contributed by atoms with Gasteiger partial charge in [-0.3, -0.25) is 10.1 Å². The molecule has 0 atom stereocenters. The Morgan fingerprint density at radius 3 is 2.86 bits per heavy atom. The molecule has 8 heteroatoms. The largest absolute Gasteiger partial charge is 0.438 e. The van der Waals surface area contributed by atoms with Crippen LogP contribution in [0.15, 0.2) is 29.6 Å². The number of thiophene rings is 1. The summed E-state index contributed by atoms with van der Waals surface area (Å²) in [5.74, 6) is 0.792. The Morgan fingerprint density at radius 1 is 1.33 bits per heavy atom. The van der Waals surface area contributed by atoms with E-state index in [1.807, 2.05) is 11.4 Å². The maximum absolute atomic E-state index is 10.8. The number of hydrogen-bond acceptors (Lipinski definition) is 6. The molecule has 0 aliphatic heterocycles. The second-order valence-corrected chi connectivity index (χ2v) is 5.48.